The summed E-state index contributed by atoms with van der Waals surface area (Å²) in [6.45, 7) is 2.62. The molecule has 1 saturated carbocycles. The summed E-state index contributed by atoms with van der Waals surface area (Å²) in [7, 11) is 2.05. The van der Waals surface area contributed by atoms with Gasteiger partial charge in [-0.3, -0.25) is 4.79 Å². The van der Waals surface area contributed by atoms with Crippen molar-refractivity contribution in [1.29, 1.82) is 0 Å². The minimum absolute atomic E-state index is 0.123. The Labute approximate surface area is 115 Å². The van der Waals surface area contributed by atoms with E-state index in [4.69, 9.17) is 0 Å². The summed E-state index contributed by atoms with van der Waals surface area (Å²) < 4.78 is 0. The van der Waals surface area contributed by atoms with Crippen LogP contribution in [-0.4, -0.2) is 25.4 Å². The predicted octanol–water partition coefficient (Wildman–Crippen LogP) is 3.08. The number of carbonyl (C=O) groups excluding carboxylic acids is 1. The number of rotatable bonds is 5. The van der Waals surface area contributed by atoms with Gasteiger partial charge < -0.3 is 10.6 Å². The van der Waals surface area contributed by atoms with Gasteiger partial charge >= 0.3 is 0 Å². The summed E-state index contributed by atoms with van der Waals surface area (Å²) in [6, 6.07) is 8.49. The van der Waals surface area contributed by atoms with E-state index in [2.05, 4.69) is 17.7 Å². The monoisotopic (exact) mass is 260 g/mol. The van der Waals surface area contributed by atoms with E-state index in [1.807, 2.05) is 24.3 Å². The molecule has 1 aliphatic carbocycles. The fourth-order valence-corrected chi connectivity index (χ4v) is 2.77. The van der Waals surface area contributed by atoms with E-state index in [9.17, 15) is 4.79 Å². The van der Waals surface area contributed by atoms with Gasteiger partial charge in [-0.05, 0) is 57.7 Å². The molecule has 104 valence electrons. The van der Waals surface area contributed by atoms with Gasteiger partial charge in [0.25, 0.3) is 0 Å². The third-order valence-corrected chi connectivity index (χ3v) is 4.12. The molecule has 0 saturated heterocycles. The van der Waals surface area contributed by atoms with Crippen molar-refractivity contribution in [2.45, 2.75) is 38.6 Å². The maximum atomic E-state index is 11.3. The van der Waals surface area contributed by atoms with E-state index in [0.717, 1.165) is 23.7 Å². The third kappa shape index (κ3) is 4.06. The molecule has 0 radical (unpaired) electrons. The van der Waals surface area contributed by atoms with Gasteiger partial charge in [-0.2, -0.15) is 0 Å². The number of hydrogen-bond donors (Lipinski definition) is 2. The molecule has 0 aromatic heterocycles. The molecule has 2 rings (SSSR count). The van der Waals surface area contributed by atoms with Gasteiger partial charge in [0.15, 0.2) is 5.78 Å². The Morgan fingerprint density at radius 3 is 2.63 bits per heavy atom. The molecule has 0 spiro atoms. The normalized spacial score (nSPS) is 23.1. The molecule has 19 heavy (non-hydrogen) atoms. The molecule has 1 aromatic rings. The number of benzene rings is 1. The first-order valence-corrected chi connectivity index (χ1v) is 7.21. The molecule has 0 unspecified atom stereocenters. The van der Waals surface area contributed by atoms with Crippen molar-refractivity contribution in [2.24, 2.45) is 5.92 Å². The van der Waals surface area contributed by atoms with Crippen molar-refractivity contribution in [3.8, 4) is 0 Å². The molecule has 2 N–H and O–H groups in total. The van der Waals surface area contributed by atoms with Crippen molar-refractivity contribution in [3.05, 3.63) is 29.8 Å². The van der Waals surface area contributed by atoms with Gasteiger partial charge in [0.05, 0.1) is 0 Å². The minimum Gasteiger partial charge on any atom is -0.385 e. The molecule has 3 nitrogen and oxygen atoms in total. The highest BCUT2D eigenvalue weighted by Crippen LogP contribution is 2.24. The maximum absolute atomic E-state index is 11.3. The highest BCUT2D eigenvalue weighted by Gasteiger charge is 2.19. The molecule has 0 atom stereocenters. The summed E-state index contributed by atoms with van der Waals surface area (Å²) in [5.41, 5.74) is 1.84. The van der Waals surface area contributed by atoms with Gasteiger partial charge in [-0.1, -0.05) is 12.1 Å². The van der Waals surface area contributed by atoms with E-state index >= 15 is 0 Å². The molecule has 1 fully saturated rings. The van der Waals surface area contributed by atoms with Crippen LogP contribution in [0.5, 0.6) is 0 Å². The second-order valence-corrected chi connectivity index (χ2v) is 5.52. The maximum Gasteiger partial charge on any atom is 0.159 e. The standard InChI is InChI=1S/C16H24N2O/c1-12(19)14-4-3-5-16(10-14)18-11-13-6-8-15(17-2)9-7-13/h3-5,10,13,15,17-18H,6-9,11H2,1-2H3. The van der Waals surface area contributed by atoms with Crippen LogP contribution in [0.2, 0.25) is 0 Å². The smallest absolute Gasteiger partial charge is 0.159 e. The van der Waals surface area contributed by atoms with Crippen LogP contribution >= 0.6 is 0 Å². The predicted molar refractivity (Wildman–Crippen MR) is 79.7 cm³/mol. The fraction of sp³-hybridized carbons (Fsp3) is 0.562. The van der Waals surface area contributed by atoms with E-state index in [1.165, 1.54) is 25.7 Å². The van der Waals surface area contributed by atoms with Crippen LogP contribution in [0.3, 0.4) is 0 Å². The molecule has 1 aromatic carbocycles. The lowest BCUT2D eigenvalue weighted by molar-refractivity contribution is 0.101. The Kier molecular flexibility index (Phi) is 4.97. The Morgan fingerprint density at radius 1 is 1.26 bits per heavy atom. The van der Waals surface area contributed by atoms with Crippen molar-refractivity contribution < 1.29 is 4.79 Å². The lowest BCUT2D eigenvalue weighted by Gasteiger charge is -2.28. The fourth-order valence-electron chi connectivity index (χ4n) is 2.77. The van der Waals surface area contributed by atoms with Crippen LogP contribution in [0.15, 0.2) is 24.3 Å². The van der Waals surface area contributed by atoms with Crippen LogP contribution in [0.4, 0.5) is 5.69 Å². The topological polar surface area (TPSA) is 41.1 Å². The van der Waals surface area contributed by atoms with Crippen molar-refractivity contribution in [3.63, 3.8) is 0 Å². The summed E-state index contributed by atoms with van der Waals surface area (Å²) in [5.74, 6) is 0.878. The Balaban J connectivity index is 1.82. The van der Waals surface area contributed by atoms with E-state index < -0.39 is 0 Å². The van der Waals surface area contributed by atoms with E-state index in [0.29, 0.717) is 6.04 Å². The summed E-state index contributed by atoms with van der Waals surface area (Å²) in [6.07, 6.45) is 5.11. The molecule has 0 bridgehead atoms. The Morgan fingerprint density at radius 2 is 2.00 bits per heavy atom. The first-order chi connectivity index (χ1) is 9.19. The summed E-state index contributed by atoms with van der Waals surface area (Å²) in [4.78, 5) is 11.3. The second kappa shape index (κ2) is 6.71. The molecule has 1 aliphatic rings. The molecular weight excluding hydrogens is 236 g/mol. The molecule has 3 heteroatoms. The second-order valence-electron chi connectivity index (χ2n) is 5.52. The first-order valence-electron chi connectivity index (χ1n) is 7.21. The SMILES string of the molecule is CNC1CCC(CNc2cccc(C(C)=O)c2)CC1. The van der Waals surface area contributed by atoms with Crippen LogP contribution in [0, 0.1) is 5.92 Å². The van der Waals surface area contributed by atoms with Gasteiger partial charge in [0, 0.05) is 23.8 Å². The summed E-state index contributed by atoms with van der Waals surface area (Å²) >= 11 is 0. The van der Waals surface area contributed by atoms with Gasteiger partial charge in [-0.25, -0.2) is 0 Å². The van der Waals surface area contributed by atoms with Crippen molar-refractivity contribution in [1.82, 2.24) is 5.32 Å². The summed E-state index contributed by atoms with van der Waals surface area (Å²) in [5, 5.41) is 6.83. The van der Waals surface area contributed by atoms with Crippen LogP contribution in [0.25, 0.3) is 0 Å². The van der Waals surface area contributed by atoms with E-state index in [1.54, 1.807) is 6.92 Å². The van der Waals surface area contributed by atoms with Crippen molar-refractivity contribution >= 4 is 11.5 Å². The number of Topliss-reactive ketones (excluding diaryl/α,β-unsaturated/α-hetero) is 1. The van der Waals surface area contributed by atoms with Gasteiger partial charge in [0.1, 0.15) is 0 Å². The minimum atomic E-state index is 0.123. The molecule has 0 heterocycles. The number of nitrogens with one attached hydrogen (secondary N) is 2. The van der Waals surface area contributed by atoms with Gasteiger partial charge in [0.2, 0.25) is 0 Å². The zero-order valence-electron chi connectivity index (χ0n) is 11.9. The van der Waals surface area contributed by atoms with Crippen molar-refractivity contribution in [2.75, 3.05) is 18.9 Å². The van der Waals surface area contributed by atoms with Crippen LogP contribution < -0.4 is 10.6 Å². The molecule has 0 amide bonds. The largest absolute Gasteiger partial charge is 0.385 e. The van der Waals surface area contributed by atoms with Crippen LogP contribution in [-0.2, 0) is 0 Å². The van der Waals surface area contributed by atoms with E-state index in [-0.39, 0.29) is 5.78 Å². The Hall–Kier alpha value is -1.35. The number of carbonyl (C=O) groups is 1. The Bertz CT molecular complexity index is 423. The molecular formula is C16H24N2O. The lowest BCUT2D eigenvalue weighted by atomic mass is 9.86. The number of anilines is 1. The van der Waals surface area contributed by atoms with Crippen LogP contribution in [0.1, 0.15) is 43.0 Å². The average Bonchev–Trinajstić information content (AvgIpc) is 2.46. The molecule has 0 aliphatic heterocycles. The lowest BCUT2D eigenvalue weighted by Crippen LogP contribution is -2.32. The third-order valence-electron chi connectivity index (χ3n) is 4.12. The average molecular weight is 260 g/mol. The van der Waals surface area contributed by atoms with Gasteiger partial charge in [-0.15, -0.1) is 0 Å². The quantitative estimate of drug-likeness (QED) is 0.799. The zero-order chi connectivity index (χ0) is 13.7. The highest BCUT2D eigenvalue weighted by molar-refractivity contribution is 5.94. The first kappa shape index (κ1) is 14.1. The number of hydrogen-bond acceptors (Lipinski definition) is 3. The zero-order valence-corrected chi connectivity index (χ0v) is 11.9. The number of ketones is 1. The highest BCUT2D eigenvalue weighted by atomic mass is 16.1.